The minimum absolute atomic E-state index is 0.349. The molecule has 1 aliphatic rings. The fourth-order valence-corrected chi connectivity index (χ4v) is 3.89. The molecule has 27 heavy (non-hydrogen) atoms. The van der Waals surface area contributed by atoms with E-state index in [4.69, 9.17) is 4.74 Å². The molecule has 1 unspecified atom stereocenters. The van der Waals surface area contributed by atoms with Gasteiger partial charge in [-0.1, -0.05) is 44.2 Å². The number of guanidine groups is 1. The predicted molar refractivity (Wildman–Crippen MR) is 114 cm³/mol. The van der Waals surface area contributed by atoms with Crippen LogP contribution < -0.4 is 5.32 Å². The Morgan fingerprint density at radius 2 is 1.85 bits per heavy atom. The highest BCUT2D eigenvalue weighted by Gasteiger charge is 2.20. The van der Waals surface area contributed by atoms with Gasteiger partial charge in [-0.05, 0) is 43.8 Å². The van der Waals surface area contributed by atoms with E-state index in [9.17, 15) is 0 Å². The molecule has 1 heterocycles. The Morgan fingerprint density at radius 3 is 2.44 bits per heavy atom. The van der Waals surface area contributed by atoms with Gasteiger partial charge in [0.2, 0.25) is 0 Å². The van der Waals surface area contributed by atoms with Crippen molar-refractivity contribution >= 4 is 5.96 Å². The average Bonchev–Trinajstić information content (AvgIpc) is 2.73. The molecule has 0 aromatic heterocycles. The van der Waals surface area contributed by atoms with Crippen LogP contribution in [-0.4, -0.2) is 69.2 Å². The van der Waals surface area contributed by atoms with E-state index in [2.05, 4.69) is 71.3 Å². The molecule has 1 aromatic carbocycles. The van der Waals surface area contributed by atoms with Crippen LogP contribution >= 0.6 is 0 Å². The molecule has 1 atom stereocenters. The molecule has 0 spiro atoms. The van der Waals surface area contributed by atoms with E-state index in [0.29, 0.717) is 6.04 Å². The summed E-state index contributed by atoms with van der Waals surface area (Å²) in [7, 11) is 4.02. The lowest BCUT2D eigenvalue weighted by Gasteiger charge is -2.32. The van der Waals surface area contributed by atoms with Crippen molar-refractivity contribution in [2.75, 3.05) is 53.5 Å². The summed E-state index contributed by atoms with van der Waals surface area (Å²) in [4.78, 5) is 9.28. The van der Waals surface area contributed by atoms with Crippen LogP contribution in [0.2, 0.25) is 0 Å². The van der Waals surface area contributed by atoms with E-state index in [0.717, 1.165) is 51.3 Å². The van der Waals surface area contributed by atoms with Crippen molar-refractivity contribution in [2.45, 2.75) is 39.2 Å². The first-order chi connectivity index (χ1) is 13.2. The Bertz CT molecular complexity index is 539. The van der Waals surface area contributed by atoms with Gasteiger partial charge >= 0.3 is 0 Å². The van der Waals surface area contributed by atoms with E-state index < -0.39 is 0 Å². The van der Waals surface area contributed by atoms with Gasteiger partial charge in [0.25, 0.3) is 0 Å². The van der Waals surface area contributed by atoms with Crippen LogP contribution in [0.4, 0.5) is 0 Å². The molecule has 0 radical (unpaired) electrons. The minimum atomic E-state index is 0.349. The molecule has 0 aliphatic carbocycles. The molecule has 1 saturated heterocycles. The fraction of sp³-hybridized carbons (Fsp3) is 0.682. The van der Waals surface area contributed by atoms with E-state index in [-0.39, 0.29) is 0 Å². The number of likely N-dealkylation sites (N-methyl/N-ethyl adjacent to an activating group) is 1. The molecule has 2 rings (SSSR count). The van der Waals surface area contributed by atoms with E-state index in [1.54, 1.807) is 0 Å². The number of benzene rings is 1. The van der Waals surface area contributed by atoms with Gasteiger partial charge in [-0.3, -0.25) is 9.89 Å². The number of hydrogen-bond donors (Lipinski definition) is 1. The van der Waals surface area contributed by atoms with Gasteiger partial charge in [-0.15, -0.1) is 0 Å². The maximum atomic E-state index is 5.47. The summed E-state index contributed by atoms with van der Waals surface area (Å²) in [6.07, 6.45) is 3.59. The molecule has 0 amide bonds. The smallest absolute Gasteiger partial charge is 0.193 e. The molecule has 0 saturated carbocycles. The van der Waals surface area contributed by atoms with Gasteiger partial charge < -0.3 is 15.0 Å². The van der Waals surface area contributed by atoms with Gasteiger partial charge in [-0.25, -0.2) is 0 Å². The van der Waals surface area contributed by atoms with Crippen molar-refractivity contribution in [3.8, 4) is 0 Å². The zero-order valence-electron chi connectivity index (χ0n) is 17.7. The highest BCUT2D eigenvalue weighted by molar-refractivity contribution is 5.79. The molecule has 1 fully saturated rings. The topological polar surface area (TPSA) is 40.1 Å². The molecule has 0 bridgehead atoms. The Morgan fingerprint density at radius 1 is 1.19 bits per heavy atom. The van der Waals surface area contributed by atoms with E-state index in [1.807, 2.05) is 7.05 Å². The highest BCUT2D eigenvalue weighted by Crippen LogP contribution is 2.20. The lowest BCUT2D eigenvalue weighted by Crippen LogP contribution is -2.44. The summed E-state index contributed by atoms with van der Waals surface area (Å²) in [6, 6.07) is 11.1. The van der Waals surface area contributed by atoms with Gasteiger partial charge in [0.15, 0.2) is 5.96 Å². The molecule has 152 valence electrons. The van der Waals surface area contributed by atoms with Gasteiger partial charge in [0.1, 0.15) is 0 Å². The standard InChI is InChI=1S/C22H38N4O/c1-5-26(6-2)21(20-10-8-7-9-11-20)18-24-22(23-3)25(4)15-12-19-13-16-27-17-14-19/h7-11,19,21H,5-6,12-18H2,1-4H3,(H,23,24). The average molecular weight is 375 g/mol. The fourth-order valence-electron chi connectivity index (χ4n) is 3.89. The summed E-state index contributed by atoms with van der Waals surface area (Å²) in [6.45, 7) is 10.3. The summed E-state index contributed by atoms with van der Waals surface area (Å²) >= 11 is 0. The molecular formula is C22H38N4O. The molecule has 5 heteroatoms. The Kier molecular flexibility index (Phi) is 9.64. The first-order valence-electron chi connectivity index (χ1n) is 10.5. The maximum Gasteiger partial charge on any atom is 0.193 e. The maximum absolute atomic E-state index is 5.47. The highest BCUT2D eigenvalue weighted by atomic mass is 16.5. The van der Waals surface area contributed by atoms with Crippen LogP contribution in [0.15, 0.2) is 35.3 Å². The van der Waals surface area contributed by atoms with Crippen LogP contribution in [0, 0.1) is 5.92 Å². The third kappa shape index (κ3) is 6.82. The summed E-state index contributed by atoms with van der Waals surface area (Å²) in [5, 5.41) is 3.61. The van der Waals surface area contributed by atoms with Crippen molar-refractivity contribution < 1.29 is 4.74 Å². The van der Waals surface area contributed by atoms with Crippen LogP contribution in [0.5, 0.6) is 0 Å². The number of hydrogen-bond acceptors (Lipinski definition) is 3. The summed E-state index contributed by atoms with van der Waals surface area (Å²) in [5.41, 5.74) is 1.36. The zero-order chi connectivity index (χ0) is 19.5. The van der Waals surface area contributed by atoms with Crippen molar-refractivity contribution in [3.05, 3.63) is 35.9 Å². The predicted octanol–water partition coefficient (Wildman–Crippen LogP) is 3.39. The SMILES string of the molecule is CCN(CC)C(CNC(=NC)N(C)CCC1CCOCC1)c1ccccc1. The Labute approximate surface area is 165 Å². The number of ether oxygens (including phenoxy) is 1. The monoisotopic (exact) mass is 374 g/mol. The normalized spacial score (nSPS) is 17.1. The van der Waals surface area contributed by atoms with Crippen LogP contribution in [0.3, 0.4) is 0 Å². The lowest BCUT2D eigenvalue weighted by molar-refractivity contribution is 0.0625. The van der Waals surface area contributed by atoms with E-state index in [1.165, 1.54) is 24.8 Å². The van der Waals surface area contributed by atoms with Crippen molar-refractivity contribution in [3.63, 3.8) is 0 Å². The second-order valence-electron chi connectivity index (χ2n) is 7.34. The second-order valence-corrected chi connectivity index (χ2v) is 7.34. The number of aliphatic imine (C=N–C) groups is 1. The quantitative estimate of drug-likeness (QED) is 0.531. The summed E-state index contributed by atoms with van der Waals surface area (Å²) in [5.74, 6) is 1.77. The molecule has 1 aromatic rings. The third-order valence-corrected chi connectivity index (χ3v) is 5.68. The van der Waals surface area contributed by atoms with Gasteiger partial charge in [0, 0.05) is 40.4 Å². The lowest BCUT2D eigenvalue weighted by atomic mass is 9.96. The van der Waals surface area contributed by atoms with Gasteiger partial charge in [0.05, 0.1) is 6.04 Å². The first-order valence-corrected chi connectivity index (χ1v) is 10.5. The number of nitrogens with one attached hydrogen (secondary N) is 1. The summed E-state index contributed by atoms with van der Waals surface area (Å²) < 4.78 is 5.47. The number of rotatable bonds is 9. The van der Waals surface area contributed by atoms with Crippen molar-refractivity contribution in [2.24, 2.45) is 10.9 Å². The molecule has 5 nitrogen and oxygen atoms in total. The molecular weight excluding hydrogens is 336 g/mol. The van der Waals surface area contributed by atoms with Crippen molar-refractivity contribution in [1.29, 1.82) is 0 Å². The van der Waals surface area contributed by atoms with Crippen LogP contribution in [0.25, 0.3) is 0 Å². The van der Waals surface area contributed by atoms with Gasteiger partial charge in [-0.2, -0.15) is 0 Å². The van der Waals surface area contributed by atoms with Crippen molar-refractivity contribution in [1.82, 2.24) is 15.1 Å². The van der Waals surface area contributed by atoms with Crippen LogP contribution in [0.1, 0.15) is 44.7 Å². The number of nitrogens with zero attached hydrogens (tertiary/aromatic N) is 3. The zero-order valence-corrected chi connectivity index (χ0v) is 17.7. The third-order valence-electron chi connectivity index (χ3n) is 5.68. The Balaban J connectivity index is 1.92. The van der Waals surface area contributed by atoms with E-state index >= 15 is 0 Å². The second kappa shape index (κ2) is 12.0. The minimum Gasteiger partial charge on any atom is -0.381 e. The Hall–Kier alpha value is -1.59. The molecule has 1 aliphatic heterocycles. The largest absolute Gasteiger partial charge is 0.381 e. The molecule has 1 N–H and O–H groups in total. The first kappa shape index (κ1) is 21.7. The van der Waals surface area contributed by atoms with Crippen LogP contribution in [-0.2, 0) is 4.74 Å².